The molecule has 1 rings (SSSR count). The molecule has 5 nitrogen and oxygen atoms in total. The van der Waals surface area contributed by atoms with E-state index in [0.717, 1.165) is 19.4 Å². The van der Waals surface area contributed by atoms with E-state index < -0.39 is 15.3 Å². The van der Waals surface area contributed by atoms with Crippen LogP contribution in [-0.4, -0.2) is 32.8 Å². The third-order valence-electron chi connectivity index (χ3n) is 2.28. The summed E-state index contributed by atoms with van der Waals surface area (Å²) in [5, 5.41) is 10.6. The van der Waals surface area contributed by atoms with Gasteiger partial charge in [0.1, 0.15) is 0 Å². The van der Waals surface area contributed by atoms with Crippen molar-refractivity contribution in [2.45, 2.75) is 31.1 Å². The smallest absolute Gasteiger partial charge is 0.227 e. The third kappa shape index (κ3) is 2.94. The highest BCUT2D eigenvalue weighted by Crippen LogP contribution is 2.05. The van der Waals surface area contributed by atoms with E-state index in [9.17, 15) is 8.42 Å². The molecule has 1 fully saturated rings. The molecule has 6 heteroatoms. The molecule has 1 aliphatic rings. The van der Waals surface area contributed by atoms with E-state index in [4.69, 9.17) is 5.26 Å². The van der Waals surface area contributed by atoms with Crippen LogP contribution in [0.25, 0.3) is 0 Å². The molecule has 2 atom stereocenters. The van der Waals surface area contributed by atoms with E-state index in [1.54, 1.807) is 6.07 Å². The summed E-state index contributed by atoms with van der Waals surface area (Å²) in [6.07, 6.45) is 1.80. The standard InChI is InChI=1S/C8H15N3O2S/c1-7(5-9)14(12,13)11-8-3-2-4-10-6-8/h7-8,10-11H,2-4,6H2,1H3/t7?,8-/m0/s1. The molecule has 0 saturated carbocycles. The minimum absolute atomic E-state index is 0.0652. The topological polar surface area (TPSA) is 82.0 Å². The zero-order valence-corrected chi connectivity index (χ0v) is 8.97. The van der Waals surface area contributed by atoms with Gasteiger partial charge in [-0.05, 0) is 26.3 Å². The van der Waals surface area contributed by atoms with Gasteiger partial charge in [-0.1, -0.05) is 0 Å². The van der Waals surface area contributed by atoms with E-state index in [-0.39, 0.29) is 6.04 Å². The number of nitrogens with zero attached hydrogens (tertiary/aromatic N) is 1. The van der Waals surface area contributed by atoms with E-state index in [1.807, 2.05) is 0 Å². The molecule has 0 radical (unpaired) electrons. The first-order chi connectivity index (χ1) is 6.56. The van der Waals surface area contributed by atoms with Crippen molar-refractivity contribution in [2.24, 2.45) is 0 Å². The predicted octanol–water partition coefficient (Wildman–Crippen LogP) is -0.430. The van der Waals surface area contributed by atoms with Gasteiger partial charge < -0.3 is 5.32 Å². The molecule has 0 amide bonds. The molecule has 14 heavy (non-hydrogen) atoms. The van der Waals surface area contributed by atoms with Gasteiger partial charge >= 0.3 is 0 Å². The van der Waals surface area contributed by atoms with Gasteiger partial charge in [0.25, 0.3) is 0 Å². The number of piperidine rings is 1. The van der Waals surface area contributed by atoms with Crippen molar-refractivity contribution in [3.63, 3.8) is 0 Å². The average Bonchev–Trinajstić information content (AvgIpc) is 2.17. The molecule has 0 spiro atoms. The Balaban J connectivity index is 2.54. The second kappa shape index (κ2) is 4.73. The lowest BCUT2D eigenvalue weighted by Crippen LogP contribution is -2.47. The van der Waals surface area contributed by atoms with Gasteiger partial charge in [0.15, 0.2) is 5.25 Å². The highest BCUT2D eigenvalue weighted by molar-refractivity contribution is 7.90. The molecule has 80 valence electrons. The highest BCUT2D eigenvalue weighted by Gasteiger charge is 2.24. The minimum Gasteiger partial charge on any atom is -0.315 e. The van der Waals surface area contributed by atoms with Crippen LogP contribution in [0.4, 0.5) is 0 Å². The van der Waals surface area contributed by atoms with Gasteiger partial charge in [0, 0.05) is 12.6 Å². The van der Waals surface area contributed by atoms with Crippen molar-refractivity contribution < 1.29 is 8.42 Å². The first-order valence-electron chi connectivity index (χ1n) is 4.68. The SMILES string of the molecule is CC(C#N)S(=O)(=O)N[C@H]1CCCNC1. The van der Waals surface area contributed by atoms with Crippen LogP contribution >= 0.6 is 0 Å². The van der Waals surface area contributed by atoms with Crippen molar-refractivity contribution in [1.82, 2.24) is 10.0 Å². The number of sulfonamides is 1. The molecule has 0 aliphatic carbocycles. The van der Waals surface area contributed by atoms with E-state index in [2.05, 4.69) is 10.0 Å². The molecule has 0 aromatic heterocycles. The largest absolute Gasteiger partial charge is 0.315 e. The maximum atomic E-state index is 11.5. The predicted molar refractivity (Wildman–Crippen MR) is 53.0 cm³/mol. The monoisotopic (exact) mass is 217 g/mol. The molecular weight excluding hydrogens is 202 g/mol. The Morgan fingerprint density at radius 3 is 2.86 bits per heavy atom. The number of rotatable bonds is 3. The number of hydrogen-bond donors (Lipinski definition) is 2. The summed E-state index contributed by atoms with van der Waals surface area (Å²) in [5.41, 5.74) is 0. The van der Waals surface area contributed by atoms with Crippen molar-refractivity contribution in [3.05, 3.63) is 0 Å². The molecular formula is C8H15N3O2S. The normalized spacial score (nSPS) is 25.3. The fourth-order valence-electron chi connectivity index (χ4n) is 1.36. The molecule has 1 aliphatic heterocycles. The fraction of sp³-hybridized carbons (Fsp3) is 0.875. The lowest BCUT2D eigenvalue weighted by Gasteiger charge is -2.24. The Kier molecular flexibility index (Phi) is 3.86. The van der Waals surface area contributed by atoms with Gasteiger partial charge in [-0.15, -0.1) is 0 Å². The van der Waals surface area contributed by atoms with Crippen LogP contribution in [0.5, 0.6) is 0 Å². The average molecular weight is 217 g/mol. The summed E-state index contributed by atoms with van der Waals surface area (Å²) in [6.45, 7) is 2.97. The van der Waals surface area contributed by atoms with Crippen molar-refractivity contribution in [1.29, 1.82) is 5.26 Å². The Hall–Kier alpha value is -0.640. The summed E-state index contributed by atoms with van der Waals surface area (Å²) in [4.78, 5) is 0. The van der Waals surface area contributed by atoms with Crippen LogP contribution in [-0.2, 0) is 10.0 Å². The van der Waals surface area contributed by atoms with Gasteiger partial charge in [-0.25, -0.2) is 13.1 Å². The van der Waals surface area contributed by atoms with Crippen LogP contribution < -0.4 is 10.0 Å². The van der Waals surface area contributed by atoms with Crippen molar-refractivity contribution in [3.8, 4) is 6.07 Å². The molecule has 1 saturated heterocycles. The first-order valence-corrected chi connectivity index (χ1v) is 6.22. The molecule has 0 aromatic carbocycles. The minimum atomic E-state index is -3.46. The lowest BCUT2D eigenvalue weighted by molar-refractivity contribution is 0.428. The van der Waals surface area contributed by atoms with Crippen LogP contribution in [0.3, 0.4) is 0 Å². The maximum Gasteiger partial charge on any atom is 0.227 e. The van der Waals surface area contributed by atoms with Gasteiger partial charge in [-0.3, -0.25) is 0 Å². The molecule has 2 N–H and O–H groups in total. The van der Waals surface area contributed by atoms with Crippen molar-refractivity contribution in [2.75, 3.05) is 13.1 Å². The molecule has 1 heterocycles. The van der Waals surface area contributed by atoms with Gasteiger partial charge in [0.05, 0.1) is 6.07 Å². The zero-order chi connectivity index (χ0) is 10.6. The number of nitriles is 1. The molecule has 0 aromatic rings. The Morgan fingerprint density at radius 1 is 1.64 bits per heavy atom. The second-order valence-corrected chi connectivity index (χ2v) is 5.51. The van der Waals surface area contributed by atoms with E-state index in [1.165, 1.54) is 6.92 Å². The molecule has 0 bridgehead atoms. The van der Waals surface area contributed by atoms with Crippen LogP contribution in [0.15, 0.2) is 0 Å². The van der Waals surface area contributed by atoms with Crippen LogP contribution in [0.1, 0.15) is 19.8 Å². The number of nitrogens with one attached hydrogen (secondary N) is 2. The third-order valence-corrected chi connectivity index (χ3v) is 3.97. The number of hydrogen-bond acceptors (Lipinski definition) is 4. The lowest BCUT2D eigenvalue weighted by atomic mass is 10.1. The quantitative estimate of drug-likeness (QED) is 0.672. The molecule has 1 unspecified atom stereocenters. The highest BCUT2D eigenvalue weighted by atomic mass is 32.2. The summed E-state index contributed by atoms with van der Waals surface area (Å²) in [7, 11) is -3.46. The van der Waals surface area contributed by atoms with Gasteiger partial charge in [0.2, 0.25) is 10.0 Å². The van der Waals surface area contributed by atoms with Gasteiger partial charge in [-0.2, -0.15) is 5.26 Å². The fourth-order valence-corrected chi connectivity index (χ4v) is 2.36. The van der Waals surface area contributed by atoms with Crippen LogP contribution in [0.2, 0.25) is 0 Å². The Bertz CT molecular complexity index is 314. The summed E-state index contributed by atoms with van der Waals surface area (Å²) in [6, 6.07) is 1.66. The van der Waals surface area contributed by atoms with Crippen molar-refractivity contribution >= 4 is 10.0 Å². The summed E-state index contributed by atoms with van der Waals surface area (Å²) < 4.78 is 25.5. The van der Waals surface area contributed by atoms with E-state index >= 15 is 0 Å². The van der Waals surface area contributed by atoms with E-state index in [0.29, 0.717) is 6.54 Å². The maximum absolute atomic E-state index is 11.5. The Labute approximate surface area is 84.5 Å². The van der Waals surface area contributed by atoms with Crippen LogP contribution in [0, 0.1) is 11.3 Å². The summed E-state index contributed by atoms with van der Waals surface area (Å²) >= 11 is 0. The second-order valence-electron chi connectivity index (χ2n) is 3.48. The first kappa shape index (κ1) is 11.4. The zero-order valence-electron chi connectivity index (χ0n) is 8.16. The summed E-state index contributed by atoms with van der Waals surface area (Å²) in [5.74, 6) is 0. The Morgan fingerprint density at radius 2 is 2.36 bits per heavy atom.